The van der Waals surface area contributed by atoms with Crippen LogP contribution in [0.2, 0.25) is 0 Å². The molecular formula is C48H82N14O3S2. The van der Waals surface area contributed by atoms with E-state index in [-0.39, 0.29) is 0 Å². The summed E-state index contributed by atoms with van der Waals surface area (Å²) in [6.45, 7) is 46.8. The Morgan fingerprint density at radius 1 is 0.448 bits per heavy atom. The van der Waals surface area contributed by atoms with Gasteiger partial charge in [-0.3, -0.25) is 4.68 Å². The van der Waals surface area contributed by atoms with Gasteiger partial charge < -0.3 is 17.9 Å². The summed E-state index contributed by atoms with van der Waals surface area (Å²) in [6, 6.07) is 0. The van der Waals surface area contributed by atoms with E-state index in [0.717, 1.165) is 50.7 Å². The molecule has 0 aliphatic carbocycles. The molecule has 0 saturated carbocycles. The van der Waals surface area contributed by atoms with Crippen molar-refractivity contribution in [2.75, 3.05) is 0 Å². The number of aryl methyl sites for hydroxylation is 10. The van der Waals surface area contributed by atoms with E-state index in [1.807, 2.05) is 104 Å². The SMILES string of the molecule is Cc1nc(C(C)C)n(C)n1.Cc1nc(C(C)C)oc1C.Cc1nc(C(C)C)sc1C.Cc1nnc(C(C)C)n1C.Cc1nnc(C(C)C)o1.Cc1nnc(C(C)C)s1.Cc1noc(C(C)C)n1. The van der Waals surface area contributed by atoms with Crippen molar-refractivity contribution in [3.63, 3.8) is 0 Å². The lowest BCUT2D eigenvalue weighted by Crippen LogP contribution is -2.00. The minimum atomic E-state index is 0.339. The second-order valence-corrected chi connectivity index (χ2v) is 20.7. The van der Waals surface area contributed by atoms with Crippen molar-refractivity contribution >= 4 is 22.7 Å². The topological polar surface area (TPSA) is 204 Å². The second-order valence-electron chi connectivity index (χ2n) is 18.3. The summed E-state index contributed by atoms with van der Waals surface area (Å²) in [7, 11) is 3.92. The Balaban J connectivity index is 0.000000391. The molecule has 0 saturated heterocycles. The Bertz CT molecular complexity index is 2220. The molecule has 0 amide bonds. The number of hydrogen-bond acceptors (Lipinski definition) is 17. The number of aromatic nitrogens is 14. The summed E-state index contributed by atoms with van der Waals surface area (Å²) < 4.78 is 19.2. The summed E-state index contributed by atoms with van der Waals surface area (Å²) in [5, 5.41) is 34.6. The summed E-state index contributed by atoms with van der Waals surface area (Å²) in [5.41, 5.74) is 2.19. The van der Waals surface area contributed by atoms with Crippen LogP contribution in [-0.2, 0) is 14.1 Å². The first kappa shape index (κ1) is 60.0. The third kappa shape index (κ3) is 21.6. The fourth-order valence-corrected chi connectivity index (χ4v) is 6.71. The van der Waals surface area contributed by atoms with Crippen LogP contribution in [0.4, 0.5) is 0 Å². The fourth-order valence-electron chi connectivity index (χ4n) is 5.08. The molecule has 0 unspecified atom stereocenters. The average molecular weight is 967 g/mol. The molecule has 0 N–H and O–H groups in total. The van der Waals surface area contributed by atoms with Crippen LogP contribution < -0.4 is 0 Å². The molecule has 374 valence electrons. The van der Waals surface area contributed by atoms with E-state index in [1.165, 1.54) is 15.6 Å². The fraction of sp³-hybridized carbons (Fsp3) is 0.667. The molecular weight excluding hydrogens is 885 g/mol. The zero-order chi connectivity index (χ0) is 51.5. The van der Waals surface area contributed by atoms with E-state index >= 15 is 0 Å². The molecule has 7 heterocycles. The van der Waals surface area contributed by atoms with Crippen molar-refractivity contribution in [1.82, 2.24) is 70.0 Å². The van der Waals surface area contributed by atoms with Crippen molar-refractivity contribution in [2.24, 2.45) is 14.1 Å². The van der Waals surface area contributed by atoms with Crippen LogP contribution in [0, 0.1) is 62.3 Å². The van der Waals surface area contributed by atoms with Crippen LogP contribution in [0.15, 0.2) is 13.4 Å². The molecule has 0 aliphatic heterocycles. The van der Waals surface area contributed by atoms with Crippen LogP contribution in [0.1, 0.15) is 228 Å². The molecule has 0 fully saturated rings. The standard InChI is InChI=1S/C8H13NO.C8H13NS.2C7H13N3.2C6H10N2O.C6H10N2S/c2*1-5(2)8-9-6(3)7(4)10-8;1-5(2)7-9-8-6(3)10(7)4;1-5(2)7-8-6(3)9-10(7)4;1-4(2)6-8-7-5(3)9-6;1-4(2)6-7-5(3)8-9-6;1-4(2)6-8-7-5(3)9-6/h4*5H,1-4H3;3*4H,1-3H3. The molecule has 0 aliphatic rings. The lowest BCUT2D eigenvalue weighted by Gasteiger charge is -2.02. The second kappa shape index (κ2) is 29.0. The molecule has 0 radical (unpaired) electrons. The normalized spacial score (nSPS) is 10.8. The summed E-state index contributed by atoms with van der Waals surface area (Å²) in [4.78, 5) is 18.3. The maximum absolute atomic E-state index is 5.36. The number of oxazole rings is 1. The molecule has 0 atom stereocenters. The van der Waals surface area contributed by atoms with E-state index in [2.05, 4.69) is 144 Å². The van der Waals surface area contributed by atoms with Gasteiger partial charge in [0.2, 0.25) is 17.7 Å². The van der Waals surface area contributed by atoms with Crippen molar-refractivity contribution in [2.45, 2.75) is 201 Å². The van der Waals surface area contributed by atoms with Gasteiger partial charge >= 0.3 is 0 Å². The first-order valence-corrected chi connectivity index (χ1v) is 24.7. The number of thiazole rings is 1. The lowest BCUT2D eigenvalue weighted by molar-refractivity contribution is 0.362. The Hall–Kier alpha value is -5.04. The van der Waals surface area contributed by atoms with Crippen LogP contribution in [0.3, 0.4) is 0 Å². The minimum Gasteiger partial charge on any atom is -0.445 e. The molecule has 7 aromatic heterocycles. The third-order valence-corrected chi connectivity index (χ3v) is 11.8. The molecule has 17 nitrogen and oxygen atoms in total. The van der Waals surface area contributed by atoms with Crippen LogP contribution >= 0.6 is 22.7 Å². The average Bonchev–Trinajstić information content (AvgIpc) is 4.12. The molecule has 0 spiro atoms. The summed E-state index contributed by atoms with van der Waals surface area (Å²) in [5.74, 6) is 11.6. The Morgan fingerprint density at radius 2 is 1.01 bits per heavy atom. The zero-order valence-electron chi connectivity index (χ0n) is 45.3. The van der Waals surface area contributed by atoms with E-state index < -0.39 is 0 Å². The van der Waals surface area contributed by atoms with Crippen LogP contribution in [0.25, 0.3) is 0 Å². The zero-order valence-corrected chi connectivity index (χ0v) is 47.0. The first-order chi connectivity index (χ1) is 31.0. The van der Waals surface area contributed by atoms with E-state index in [1.54, 1.807) is 18.3 Å². The maximum Gasteiger partial charge on any atom is 0.229 e. The number of rotatable bonds is 7. The lowest BCUT2D eigenvalue weighted by atomic mass is 10.2. The van der Waals surface area contributed by atoms with Gasteiger partial charge in [-0.25, -0.2) is 15.0 Å². The smallest absolute Gasteiger partial charge is 0.229 e. The molecule has 19 heteroatoms. The maximum atomic E-state index is 5.36. The number of nitrogens with zero attached hydrogens (tertiary/aromatic N) is 14. The molecule has 67 heavy (non-hydrogen) atoms. The van der Waals surface area contributed by atoms with Crippen molar-refractivity contribution in [1.29, 1.82) is 0 Å². The largest absolute Gasteiger partial charge is 0.445 e. The van der Waals surface area contributed by atoms with Gasteiger partial charge in [0.1, 0.15) is 39.1 Å². The Morgan fingerprint density at radius 3 is 1.22 bits per heavy atom. The van der Waals surface area contributed by atoms with E-state index in [0.29, 0.717) is 64.9 Å². The van der Waals surface area contributed by atoms with E-state index in [4.69, 9.17) is 13.4 Å². The minimum absolute atomic E-state index is 0.339. The third-order valence-electron chi connectivity index (χ3n) is 9.25. The predicted octanol–water partition coefficient (Wildman–Crippen LogP) is 12.8. The summed E-state index contributed by atoms with van der Waals surface area (Å²) in [6.07, 6.45) is 0. The van der Waals surface area contributed by atoms with Crippen molar-refractivity contribution in [3.05, 3.63) is 89.7 Å². The van der Waals surface area contributed by atoms with Gasteiger partial charge in [0.25, 0.3) is 0 Å². The Kier molecular flexibility index (Phi) is 25.9. The monoisotopic (exact) mass is 967 g/mol. The highest BCUT2D eigenvalue weighted by Crippen LogP contribution is 2.23. The van der Waals surface area contributed by atoms with Gasteiger partial charge in [0.05, 0.1) is 16.4 Å². The van der Waals surface area contributed by atoms with Gasteiger partial charge in [-0.1, -0.05) is 102 Å². The van der Waals surface area contributed by atoms with Crippen molar-refractivity contribution < 1.29 is 13.4 Å². The molecule has 7 aromatic rings. The van der Waals surface area contributed by atoms with Gasteiger partial charge in [0.15, 0.2) is 11.7 Å². The van der Waals surface area contributed by atoms with Crippen LogP contribution in [-0.4, -0.2) is 70.0 Å². The highest BCUT2D eigenvalue weighted by molar-refractivity contribution is 7.11. The van der Waals surface area contributed by atoms with Gasteiger partial charge in [-0.05, 0) is 55.4 Å². The highest BCUT2D eigenvalue weighted by Gasteiger charge is 2.11. The summed E-state index contributed by atoms with van der Waals surface area (Å²) >= 11 is 3.48. The quantitative estimate of drug-likeness (QED) is 0.146. The van der Waals surface area contributed by atoms with Gasteiger partial charge in [-0.15, -0.1) is 53.3 Å². The molecule has 7 rings (SSSR count). The van der Waals surface area contributed by atoms with Gasteiger partial charge in [0, 0.05) is 67.3 Å². The molecule has 0 aromatic carbocycles. The number of hydrogen-bond donors (Lipinski definition) is 0. The van der Waals surface area contributed by atoms with E-state index in [9.17, 15) is 0 Å². The van der Waals surface area contributed by atoms with Gasteiger partial charge in [-0.2, -0.15) is 10.1 Å². The van der Waals surface area contributed by atoms with Crippen LogP contribution in [0.5, 0.6) is 0 Å². The predicted molar refractivity (Wildman–Crippen MR) is 270 cm³/mol. The first-order valence-electron chi connectivity index (χ1n) is 23.1. The Labute approximate surface area is 408 Å². The van der Waals surface area contributed by atoms with Crippen molar-refractivity contribution in [3.8, 4) is 0 Å². The highest BCUT2D eigenvalue weighted by atomic mass is 32.1. The molecule has 0 bridgehead atoms.